The van der Waals surface area contributed by atoms with Crippen LogP contribution in [0.25, 0.3) is 6.08 Å². The number of nitrogens with one attached hydrogen (secondary N) is 1. The van der Waals surface area contributed by atoms with Crippen molar-refractivity contribution in [3.05, 3.63) is 35.2 Å². The number of nitrogens with zero attached hydrogens (tertiary/aromatic N) is 1. The second-order valence-electron chi connectivity index (χ2n) is 3.86. The molecule has 0 spiro atoms. The van der Waals surface area contributed by atoms with E-state index < -0.39 is 0 Å². The summed E-state index contributed by atoms with van der Waals surface area (Å²) in [5, 5.41) is 2.75. The quantitative estimate of drug-likeness (QED) is 0.787. The number of aromatic nitrogens is 1. The molecule has 1 N–H and O–H groups in total. The van der Waals surface area contributed by atoms with E-state index in [1.165, 1.54) is 6.92 Å². The summed E-state index contributed by atoms with van der Waals surface area (Å²) in [5.41, 5.74) is 3.22. The number of carbonyl (C=O) groups excluding carboxylic acids is 1. The molecule has 0 saturated heterocycles. The van der Waals surface area contributed by atoms with Crippen molar-refractivity contribution < 1.29 is 4.79 Å². The minimum atomic E-state index is 0.0176. The van der Waals surface area contributed by atoms with Crippen molar-refractivity contribution in [1.29, 1.82) is 0 Å². The van der Waals surface area contributed by atoms with Gasteiger partial charge in [0.25, 0.3) is 0 Å². The van der Waals surface area contributed by atoms with E-state index in [4.69, 9.17) is 0 Å². The van der Waals surface area contributed by atoms with Crippen LogP contribution in [0, 0.1) is 13.8 Å². The van der Waals surface area contributed by atoms with Crippen LogP contribution in [0.3, 0.4) is 0 Å². The minimum Gasteiger partial charge on any atom is -0.356 e. The number of pyridine rings is 1. The molecule has 1 aromatic rings. The Kier molecular flexibility index (Phi) is 4.70. The average molecular weight is 218 g/mol. The zero-order chi connectivity index (χ0) is 12.0. The Bertz CT molecular complexity index is 377. The Hall–Kier alpha value is -1.64. The van der Waals surface area contributed by atoms with Crippen molar-refractivity contribution in [1.82, 2.24) is 10.3 Å². The third kappa shape index (κ3) is 4.73. The molecule has 16 heavy (non-hydrogen) atoms. The Morgan fingerprint density at radius 3 is 2.56 bits per heavy atom. The van der Waals surface area contributed by atoms with E-state index in [9.17, 15) is 4.79 Å². The van der Waals surface area contributed by atoms with E-state index in [-0.39, 0.29) is 5.91 Å². The molecule has 0 aromatic carbocycles. The summed E-state index contributed by atoms with van der Waals surface area (Å²) in [7, 11) is 0. The molecule has 0 radical (unpaired) electrons. The molecule has 0 aliphatic rings. The summed E-state index contributed by atoms with van der Waals surface area (Å²) in [6.07, 6.45) is 4.97. The van der Waals surface area contributed by atoms with Gasteiger partial charge in [-0.3, -0.25) is 9.78 Å². The van der Waals surface area contributed by atoms with E-state index in [0.717, 1.165) is 23.4 Å². The normalized spacial score (nSPS) is 10.7. The predicted molar refractivity (Wildman–Crippen MR) is 66.0 cm³/mol. The highest BCUT2D eigenvalue weighted by Crippen LogP contribution is 2.07. The number of hydrogen-bond acceptors (Lipinski definition) is 2. The lowest BCUT2D eigenvalue weighted by molar-refractivity contribution is -0.118. The topological polar surface area (TPSA) is 42.0 Å². The number of hydrogen-bond donors (Lipinski definition) is 1. The number of carbonyl (C=O) groups is 1. The Labute approximate surface area is 96.6 Å². The minimum absolute atomic E-state index is 0.0176. The van der Waals surface area contributed by atoms with Gasteiger partial charge in [0.2, 0.25) is 5.91 Å². The Morgan fingerprint density at radius 1 is 1.38 bits per heavy atom. The molecule has 0 aliphatic carbocycles. The largest absolute Gasteiger partial charge is 0.356 e. The van der Waals surface area contributed by atoms with Gasteiger partial charge in [-0.1, -0.05) is 12.2 Å². The van der Waals surface area contributed by atoms with E-state index in [2.05, 4.69) is 22.5 Å². The maximum atomic E-state index is 10.6. The van der Waals surface area contributed by atoms with Crippen LogP contribution < -0.4 is 5.32 Å². The third-order valence-electron chi connectivity index (χ3n) is 2.10. The summed E-state index contributed by atoms with van der Waals surface area (Å²) in [4.78, 5) is 14.9. The number of amides is 1. The first kappa shape index (κ1) is 12.4. The first-order chi connectivity index (χ1) is 7.58. The molecule has 0 bridgehead atoms. The molecule has 1 aromatic heterocycles. The van der Waals surface area contributed by atoms with Crippen LogP contribution in [-0.2, 0) is 4.79 Å². The second kappa shape index (κ2) is 6.05. The van der Waals surface area contributed by atoms with Gasteiger partial charge in [-0.05, 0) is 38.0 Å². The molecule has 3 nitrogen and oxygen atoms in total. The van der Waals surface area contributed by atoms with Crippen LogP contribution in [-0.4, -0.2) is 17.4 Å². The summed E-state index contributed by atoms with van der Waals surface area (Å²) < 4.78 is 0. The summed E-state index contributed by atoms with van der Waals surface area (Å²) >= 11 is 0. The van der Waals surface area contributed by atoms with Crippen molar-refractivity contribution in [2.45, 2.75) is 27.2 Å². The molecular formula is C13H18N2O. The molecule has 1 heterocycles. The lowest BCUT2D eigenvalue weighted by Gasteiger charge is -1.99. The van der Waals surface area contributed by atoms with Gasteiger partial charge in [0.15, 0.2) is 0 Å². The van der Waals surface area contributed by atoms with Crippen molar-refractivity contribution in [2.24, 2.45) is 0 Å². The Morgan fingerprint density at radius 2 is 2.00 bits per heavy atom. The van der Waals surface area contributed by atoms with Crippen LogP contribution in [0.5, 0.6) is 0 Å². The van der Waals surface area contributed by atoms with E-state index >= 15 is 0 Å². The average Bonchev–Trinajstić information content (AvgIpc) is 2.15. The molecule has 86 valence electrons. The summed E-state index contributed by atoms with van der Waals surface area (Å²) in [6.45, 7) is 6.19. The van der Waals surface area contributed by atoms with Crippen LogP contribution in [0.4, 0.5) is 0 Å². The fraction of sp³-hybridized carbons (Fsp3) is 0.385. The van der Waals surface area contributed by atoms with Crippen LogP contribution in [0.2, 0.25) is 0 Å². The van der Waals surface area contributed by atoms with Gasteiger partial charge in [0.1, 0.15) is 0 Å². The monoisotopic (exact) mass is 218 g/mol. The van der Waals surface area contributed by atoms with E-state index in [0.29, 0.717) is 6.54 Å². The standard InChI is InChI=1S/C13H18N2O/c1-10-8-13(9-11(2)15-10)6-4-5-7-14-12(3)16/h4,6,8-9H,5,7H2,1-3H3,(H,14,16). The van der Waals surface area contributed by atoms with E-state index in [1.54, 1.807) is 0 Å². The van der Waals surface area contributed by atoms with Gasteiger partial charge in [0, 0.05) is 24.9 Å². The summed E-state index contributed by atoms with van der Waals surface area (Å²) in [6, 6.07) is 4.09. The molecule has 3 heteroatoms. The molecule has 1 amide bonds. The van der Waals surface area contributed by atoms with E-state index in [1.807, 2.05) is 26.0 Å². The smallest absolute Gasteiger partial charge is 0.216 e. The maximum Gasteiger partial charge on any atom is 0.216 e. The highest BCUT2D eigenvalue weighted by atomic mass is 16.1. The molecular weight excluding hydrogens is 200 g/mol. The van der Waals surface area contributed by atoms with Crippen molar-refractivity contribution >= 4 is 12.0 Å². The molecule has 0 fully saturated rings. The van der Waals surface area contributed by atoms with Gasteiger partial charge in [-0.25, -0.2) is 0 Å². The fourth-order valence-electron chi connectivity index (χ4n) is 1.51. The van der Waals surface area contributed by atoms with Crippen LogP contribution in [0.1, 0.15) is 30.3 Å². The highest BCUT2D eigenvalue weighted by Gasteiger charge is 1.93. The van der Waals surface area contributed by atoms with Crippen molar-refractivity contribution in [3.63, 3.8) is 0 Å². The zero-order valence-electron chi connectivity index (χ0n) is 10.1. The molecule has 0 atom stereocenters. The van der Waals surface area contributed by atoms with Crippen molar-refractivity contribution in [2.75, 3.05) is 6.54 Å². The zero-order valence-corrected chi connectivity index (χ0v) is 10.1. The Balaban J connectivity index is 2.46. The van der Waals surface area contributed by atoms with Crippen molar-refractivity contribution in [3.8, 4) is 0 Å². The fourth-order valence-corrected chi connectivity index (χ4v) is 1.51. The van der Waals surface area contributed by atoms with Gasteiger partial charge in [-0.2, -0.15) is 0 Å². The highest BCUT2D eigenvalue weighted by molar-refractivity contribution is 5.72. The first-order valence-electron chi connectivity index (χ1n) is 5.44. The lowest BCUT2D eigenvalue weighted by atomic mass is 10.2. The SMILES string of the molecule is CC(=O)NCCC=Cc1cc(C)nc(C)c1. The molecule has 0 unspecified atom stereocenters. The molecule has 0 saturated carbocycles. The van der Waals surface area contributed by atoms with Gasteiger partial charge in [0.05, 0.1) is 0 Å². The van der Waals surface area contributed by atoms with Crippen LogP contribution >= 0.6 is 0 Å². The third-order valence-corrected chi connectivity index (χ3v) is 2.10. The van der Waals surface area contributed by atoms with Crippen LogP contribution in [0.15, 0.2) is 18.2 Å². The summed E-state index contributed by atoms with van der Waals surface area (Å²) in [5.74, 6) is 0.0176. The molecule has 1 rings (SSSR count). The van der Waals surface area contributed by atoms with Gasteiger partial charge >= 0.3 is 0 Å². The predicted octanol–water partition coefficient (Wildman–Crippen LogP) is 2.24. The van der Waals surface area contributed by atoms with Gasteiger partial charge in [-0.15, -0.1) is 0 Å². The maximum absolute atomic E-state index is 10.6. The molecule has 0 aliphatic heterocycles. The van der Waals surface area contributed by atoms with Gasteiger partial charge < -0.3 is 5.32 Å². The number of rotatable bonds is 4. The number of aryl methyl sites for hydroxylation is 2. The lowest BCUT2D eigenvalue weighted by Crippen LogP contribution is -2.20. The second-order valence-corrected chi connectivity index (χ2v) is 3.86. The first-order valence-corrected chi connectivity index (χ1v) is 5.44.